The Bertz CT molecular complexity index is 1360. The molecule has 3 amide bonds. The van der Waals surface area contributed by atoms with Gasteiger partial charge in [0.1, 0.15) is 6.10 Å². The molecule has 11 heteroatoms. The summed E-state index contributed by atoms with van der Waals surface area (Å²) in [5, 5.41) is 2.47. The van der Waals surface area contributed by atoms with E-state index in [1.54, 1.807) is 24.3 Å². The van der Waals surface area contributed by atoms with Crippen molar-refractivity contribution >= 4 is 17.7 Å². The molecule has 0 bridgehead atoms. The topological polar surface area (TPSA) is 125 Å². The van der Waals surface area contributed by atoms with E-state index >= 15 is 0 Å². The van der Waals surface area contributed by atoms with Gasteiger partial charge in [0.25, 0.3) is 17.7 Å². The molecule has 4 rings (SSSR count). The van der Waals surface area contributed by atoms with Crippen LogP contribution >= 0.6 is 0 Å². The normalized spacial score (nSPS) is 20.5. The molecule has 0 aliphatic carbocycles. The van der Waals surface area contributed by atoms with Gasteiger partial charge in [-0.3, -0.25) is 14.4 Å². The molecule has 0 aromatic heterocycles. The second-order valence-corrected chi connectivity index (χ2v) is 11.4. The zero-order chi connectivity index (χ0) is 31.7. The quantitative estimate of drug-likeness (QED) is 0.240. The number of nitrogens with zero attached hydrogens (tertiary/aromatic N) is 1. The second-order valence-electron chi connectivity index (χ2n) is 11.4. The highest BCUT2D eigenvalue weighted by atomic mass is 16.8. The van der Waals surface area contributed by atoms with Crippen LogP contribution < -0.4 is 10.8 Å². The molecular formula is C33H41N3O8. The highest BCUT2D eigenvalue weighted by molar-refractivity contribution is 6.12. The van der Waals surface area contributed by atoms with Gasteiger partial charge in [0.15, 0.2) is 17.6 Å². The predicted molar refractivity (Wildman–Crippen MR) is 161 cm³/mol. The minimum atomic E-state index is -1.88. The number of likely N-dealkylation sites (N-methyl/N-ethyl adjacent to an activating group) is 2. The highest BCUT2D eigenvalue weighted by Gasteiger charge is 2.47. The molecule has 2 heterocycles. The summed E-state index contributed by atoms with van der Waals surface area (Å²) in [7, 11) is 2.80. The molecule has 2 fully saturated rings. The molecule has 11 nitrogen and oxygen atoms in total. The summed E-state index contributed by atoms with van der Waals surface area (Å²) in [5.41, 5.74) is 3.27. The fraction of sp³-hybridized carbons (Fsp3) is 0.485. The monoisotopic (exact) mass is 607 g/mol. The Morgan fingerprint density at radius 3 is 2.25 bits per heavy atom. The number of rotatable bonds is 10. The molecule has 0 saturated carbocycles. The minimum absolute atomic E-state index is 0.0711. The molecule has 0 spiro atoms. The Morgan fingerprint density at radius 1 is 1.02 bits per heavy atom. The second kappa shape index (κ2) is 14.8. The summed E-state index contributed by atoms with van der Waals surface area (Å²) in [6.07, 6.45) is 1.77. The van der Waals surface area contributed by atoms with E-state index in [0.717, 1.165) is 28.9 Å². The average molecular weight is 608 g/mol. The molecule has 2 unspecified atom stereocenters. The maximum Gasteiger partial charge on any atom is 0.279 e. The fourth-order valence-electron chi connectivity index (χ4n) is 4.75. The van der Waals surface area contributed by atoms with Gasteiger partial charge in [-0.05, 0) is 75.6 Å². The van der Waals surface area contributed by atoms with E-state index in [9.17, 15) is 14.4 Å². The molecule has 2 aliphatic rings. The van der Waals surface area contributed by atoms with E-state index in [1.807, 2.05) is 38.1 Å². The maximum atomic E-state index is 13.4. The Balaban J connectivity index is 1.33. The smallest absolute Gasteiger partial charge is 0.279 e. The van der Waals surface area contributed by atoms with E-state index in [0.29, 0.717) is 44.0 Å². The predicted octanol–water partition coefficient (Wildman–Crippen LogP) is 2.91. The van der Waals surface area contributed by atoms with E-state index in [-0.39, 0.29) is 6.10 Å². The van der Waals surface area contributed by atoms with Gasteiger partial charge in [0.2, 0.25) is 0 Å². The minimum Gasteiger partial charge on any atom is -0.374 e. The number of carbonyl (C=O) groups excluding carboxylic acids is 3. The van der Waals surface area contributed by atoms with Crippen LogP contribution in [0.5, 0.6) is 0 Å². The van der Waals surface area contributed by atoms with Crippen molar-refractivity contribution in [1.29, 1.82) is 0 Å². The van der Waals surface area contributed by atoms with Crippen LogP contribution in [-0.4, -0.2) is 80.3 Å². The third-order valence-corrected chi connectivity index (χ3v) is 7.58. The molecule has 3 atom stereocenters. The van der Waals surface area contributed by atoms with Crippen LogP contribution in [0.3, 0.4) is 0 Å². The van der Waals surface area contributed by atoms with E-state index in [1.165, 1.54) is 21.0 Å². The number of nitrogens with one attached hydrogen (secondary N) is 2. The van der Waals surface area contributed by atoms with Crippen LogP contribution in [-0.2, 0) is 40.0 Å². The lowest BCUT2D eigenvalue weighted by Crippen LogP contribution is -2.65. The van der Waals surface area contributed by atoms with Gasteiger partial charge in [-0.1, -0.05) is 24.0 Å². The lowest BCUT2D eigenvalue weighted by Gasteiger charge is -2.36. The first-order valence-corrected chi connectivity index (χ1v) is 14.7. The summed E-state index contributed by atoms with van der Waals surface area (Å²) in [6.45, 7) is 7.10. The first-order chi connectivity index (χ1) is 21.0. The molecule has 236 valence electrons. The fourth-order valence-corrected chi connectivity index (χ4v) is 4.75. The van der Waals surface area contributed by atoms with E-state index in [2.05, 4.69) is 22.6 Å². The molecular weight excluding hydrogens is 566 g/mol. The lowest BCUT2D eigenvalue weighted by atomic mass is 9.96. The number of benzene rings is 2. The summed E-state index contributed by atoms with van der Waals surface area (Å²) in [4.78, 5) is 45.8. The Labute approximate surface area is 258 Å². The van der Waals surface area contributed by atoms with Crippen LogP contribution in [0.1, 0.15) is 67.1 Å². The van der Waals surface area contributed by atoms with Gasteiger partial charge in [-0.25, -0.2) is 10.3 Å². The van der Waals surface area contributed by atoms with Crippen molar-refractivity contribution in [3.05, 3.63) is 70.8 Å². The van der Waals surface area contributed by atoms with Gasteiger partial charge in [0.05, 0.1) is 19.8 Å². The van der Waals surface area contributed by atoms with Crippen molar-refractivity contribution in [2.24, 2.45) is 0 Å². The summed E-state index contributed by atoms with van der Waals surface area (Å²) in [5.74, 6) is 3.68. The average Bonchev–Trinajstić information content (AvgIpc) is 3.40. The lowest BCUT2D eigenvalue weighted by molar-refractivity contribution is -0.204. The molecule has 2 aromatic carbocycles. The van der Waals surface area contributed by atoms with Gasteiger partial charge < -0.3 is 29.2 Å². The first kappa shape index (κ1) is 33.1. The molecule has 2 aromatic rings. The number of hydrogen-bond donors (Lipinski definition) is 2. The zero-order valence-electron chi connectivity index (χ0n) is 25.9. The number of carbonyl (C=O) groups is 3. The Hall–Kier alpha value is -3.79. The van der Waals surface area contributed by atoms with Crippen molar-refractivity contribution in [3.8, 4) is 11.8 Å². The Kier molecular flexibility index (Phi) is 11.1. The van der Waals surface area contributed by atoms with Gasteiger partial charge in [0, 0.05) is 43.8 Å². The number of amides is 3. The van der Waals surface area contributed by atoms with Crippen molar-refractivity contribution in [2.45, 2.75) is 70.4 Å². The number of ether oxygens (including phenoxy) is 4. The van der Waals surface area contributed by atoms with Crippen molar-refractivity contribution < 1.29 is 38.2 Å². The molecule has 2 saturated heterocycles. The molecule has 2 N–H and O–H groups in total. The SMILES string of the molecule is CNC(=O)[C@@](C)(C(=O)NOC1CCCCO1)N(C)C(=O)c1ccc(C#Cc2ccc(COCC3COC(C)(C)O3)cc2)cc1. The summed E-state index contributed by atoms with van der Waals surface area (Å²) < 4.78 is 22.5. The van der Waals surface area contributed by atoms with Crippen LogP contribution in [0.15, 0.2) is 48.5 Å². The van der Waals surface area contributed by atoms with Gasteiger partial charge in [-0.2, -0.15) is 0 Å². The Morgan fingerprint density at radius 2 is 1.68 bits per heavy atom. The molecule has 2 aliphatic heterocycles. The standard InChI is InChI=1S/C33H41N3O8/c1-32(2)42-22-27(43-32)21-40-20-25-13-11-23(12-14-25)9-10-24-15-17-26(18-16-24)29(37)36(5)33(3,30(38)34-4)31(39)35-44-28-8-6-7-19-41-28/h11-18,27-28H,6-8,19-22H2,1-5H3,(H,34,38)(H,35,39)/t27?,28?,33-/m0/s1. The third-order valence-electron chi connectivity index (χ3n) is 7.58. The largest absolute Gasteiger partial charge is 0.374 e. The van der Waals surface area contributed by atoms with Crippen molar-refractivity contribution in [1.82, 2.24) is 15.7 Å². The summed E-state index contributed by atoms with van der Waals surface area (Å²) >= 11 is 0. The van der Waals surface area contributed by atoms with Crippen molar-refractivity contribution in [3.63, 3.8) is 0 Å². The van der Waals surface area contributed by atoms with Crippen molar-refractivity contribution in [2.75, 3.05) is 33.9 Å². The van der Waals surface area contributed by atoms with Crippen LogP contribution in [0.25, 0.3) is 0 Å². The zero-order valence-corrected chi connectivity index (χ0v) is 25.9. The third kappa shape index (κ3) is 8.43. The van der Waals surface area contributed by atoms with Crippen LogP contribution in [0.4, 0.5) is 0 Å². The van der Waals surface area contributed by atoms with Crippen LogP contribution in [0.2, 0.25) is 0 Å². The van der Waals surface area contributed by atoms with E-state index in [4.69, 9.17) is 23.8 Å². The molecule has 0 radical (unpaired) electrons. The molecule has 44 heavy (non-hydrogen) atoms. The first-order valence-electron chi connectivity index (χ1n) is 14.7. The maximum absolute atomic E-state index is 13.4. The van der Waals surface area contributed by atoms with Gasteiger partial charge >= 0.3 is 0 Å². The van der Waals surface area contributed by atoms with Gasteiger partial charge in [-0.15, -0.1) is 0 Å². The van der Waals surface area contributed by atoms with Crippen LogP contribution in [0, 0.1) is 11.8 Å². The number of hydrogen-bond acceptors (Lipinski definition) is 8. The summed E-state index contributed by atoms with van der Waals surface area (Å²) in [6, 6.07) is 14.4. The van der Waals surface area contributed by atoms with E-state index < -0.39 is 35.3 Å². The highest BCUT2D eigenvalue weighted by Crippen LogP contribution is 2.23. The number of hydroxylamine groups is 1.